The summed E-state index contributed by atoms with van der Waals surface area (Å²) >= 11 is 0. The zero-order valence-corrected chi connectivity index (χ0v) is 10.6. The van der Waals surface area contributed by atoms with Crippen molar-refractivity contribution in [2.45, 2.75) is 25.7 Å². The fourth-order valence-electron chi connectivity index (χ4n) is 3.00. The molecule has 1 aliphatic rings. The maximum Gasteiger partial charge on any atom is 0.0317 e. The first-order chi connectivity index (χ1) is 8.70. The SMILES string of the molecule is CCCC1c2cc(N)ccc2-c2ccc(N)cc21. The van der Waals surface area contributed by atoms with E-state index in [1.54, 1.807) is 0 Å². The minimum absolute atomic E-state index is 0.451. The molecule has 3 rings (SSSR count). The minimum Gasteiger partial charge on any atom is -0.399 e. The molecule has 0 bridgehead atoms. The lowest BCUT2D eigenvalue weighted by Crippen LogP contribution is -1.98. The van der Waals surface area contributed by atoms with Gasteiger partial charge in [-0.1, -0.05) is 25.5 Å². The quantitative estimate of drug-likeness (QED) is 0.783. The van der Waals surface area contributed by atoms with E-state index < -0.39 is 0 Å². The highest BCUT2D eigenvalue weighted by molar-refractivity contribution is 5.81. The van der Waals surface area contributed by atoms with Crippen LogP contribution in [0.5, 0.6) is 0 Å². The molecule has 2 aromatic carbocycles. The largest absolute Gasteiger partial charge is 0.399 e. The molecule has 0 saturated heterocycles. The number of fused-ring (bicyclic) bond motifs is 3. The van der Waals surface area contributed by atoms with Crippen molar-refractivity contribution >= 4 is 11.4 Å². The lowest BCUT2D eigenvalue weighted by molar-refractivity contribution is 0.712. The second-order valence-electron chi connectivity index (χ2n) is 5.03. The Labute approximate surface area is 108 Å². The lowest BCUT2D eigenvalue weighted by Gasteiger charge is -2.12. The molecule has 1 aliphatic carbocycles. The van der Waals surface area contributed by atoms with Gasteiger partial charge in [0.15, 0.2) is 0 Å². The summed E-state index contributed by atoms with van der Waals surface area (Å²) in [6, 6.07) is 12.5. The van der Waals surface area contributed by atoms with Crippen LogP contribution in [0.25, 0.3) is 11.1 Å². The fourth-order valence-corrected chi connectivity index (χ4v) is 3.00. The Morgan fingerprint density at radius 2 is 1.39 bits per heavy atom. The Bertz CT molecular complexity index is 551. The Morgan fingerprint density at radius 1 is 0.889 bits per heavy atom. The van der Waals surface area contributed by atoms with Crippen LogP contribution in [0.1, 0.15) is 36.8 Å². The molecule has 92 valence electrons. The number of nitrogens with two attached hydrogens (primary N) is 2. The lowest BCUT2D eigenvalue weighted by atomic mass is 9.92. The topological polar surface area (TPSA) is 52.0 Å². The van der Waals surface area contributed by atoms with Crippen molar-refractivity contribution in [1.29, 1.82) is 0 Å². The van der Waals surface area contributed by atoms with Gasteiger partial charge in [-0.15, -0.1) is 0 Å². The molecule has 0 heterocycles. The zero-order chi connectivity index (χ0) is 12.7. The van der Waals surface area contributed by atoms with Gasteiger partial charge in [0.2, 0.25) is 0 Å². The number of hydrogen-bond acceptors (Lipinski definition) is 2. The van der Waals surface area contributed by atoms with Gasteiger partial charge in [0, 0.05) is 17.3 Å². The van der Waals surface area contributed by atoms with E-state index in [2.05, 4.69) is 31.2 Å². The maximum atomic E-state index is 5.93. The average Bonchev–Trinajstić information content (AvgIpc) is 2.63. The van der Waals surface area contributed by atoms with E-state index in [9.17, 15) is 0 Å². The van der Waals surface area contributed by atoms with Gasteiger partial charge in [-0.3, -0.25) is 0 Å². The van der Waals surface area contributed by atoms with Gasteiger partial charge in [-0.25, -0.2) is 0 Å². The highest BCUT2D eigenvalue weighted by Gasteiger charge is 2.27. The molecular formula is C16H18N2. The van der Waals surface area contributed by atoms with Gasteiger partial charge in [0.05, 0.1) is 0 Å². The molecule has 0 radical (unpaired) electrons. The molecular weight excluding hydrogens is 220 g/mol. The molecule has 0 aromatic heterocycles. The van der Waals surface area contributed by atoms with E-state index in [1.807, 2.05) is 12.1 Å². The molecule has 0 spiro atoms. The summed E-state index contributed by atoms with van der Waals surface area (Å²) in [6.45, 7) is 2.22. The van der Waals surface area contributed by atoms with Crippen LogP contribution in [-0.4, -0.2) is 0 Å². The summed E-state index contributed by atoms with van der Waals surface area (Å²) in [4.78, 5) is 0. The Balaban J connectivity index is 2.22. The van der Waals surface area contributed by atoms with E-state index in [0.717, 1.165) is 24.2 Å². The second kappa shape index (κ2) is 4.05. The average molecular weight is 238 g/mol. The molecule has 0 unspecified atom stereocenters. The number of rotatable bonds is 2. The number of benzene rings is 2. The molecule has 18 heavy (non-hydrogen) atoms. The van der Waals surface area contributed by atoms with Gasteiger partial charge >= 0.3 is 0 Å². The van der Waals surface area contributed by atoms with Gasteiger partial charge < -0.3 is 11.5 Å². The normalized spacial score (nSPS) is 13.4. The molecule has 0 atom stereocenters. The third-order valence-electron chi connectivity index (χ3n) is 3.77. The first-order valence-corrected chi connectivity index (χ1v) is 6.50. The molecule has 2 aromatic rings. The van der Waals surface area contributed by atoms with Crippen molar-refractivity contribution in [1.82, 2.24) is 0 Å². The smallest absolute Gasteiger partial charge is 0.0317 e. The molecule has 0 saturated carbocycles. The van der Waals surface area contributed by atoms with Crippen LogP contribution in [0.3, 0.4) is 0 Å². The van der Waals surface area contributed by atoms with Crippen molar-refractivity contribution in [2.75, 3.05) is 11.5 Å². The molecule has 0 amide bonds. The third-order valence-corrected chi connectivity index (χ3v) is 3.77. The number of nitrogen functional groups attached to an aromatic ring is 2. The Morgan fingerprint density at radius 3 is 1.83 bits per heavy atom. The van der Waals surface area contributed by atoms with Crippen molar-refractivity contribution < 1.29 is 0 Å². The first kappa shape index (κ1) is 11.1. The monoisotopic (exact) mass is 238 g/mol. The molecule has 2 nitrogen and oxygen atoms in total. The van der Waals surface area contributed by atoms with Crippen molar-refractivity contribution in [3.05, 3.63) is 47.5 Å². The Kier molecular flexibility index (Phi) is 2.51. The van der Waals surface area contributed by atoms with Crippen LogP contribution in [-0.2, 0) is 0 Å². The van der Waals surface area contributed by atoms with Gasteiger partial charge in [-0.05, 0) is 52.9 Å². The molecule has 2 heteroatoms. The summed E-state index contributed by atoms with van der Waals surface area (Å²) in [5.74, 6) is 0.451. The molecule has 0 aliphatic heterocycles. The zero-order valence-electron chi connectivity index (χ0n) is 10.6. The maximum absolute atomic E-state index is 5.93. The van der Waals surface area contributed by atoms with E-state index >= 15 is 0 Å². The molecule has 0 fully saturated rings. The van der Waals surface area contributed by atoms with Crippen LogP contribution in [0.15, 0.2) is 36.4 Å². The minimum atomic E-state index is 0.451. The second-order valence-corrected chi connectivity index (χ2v) is 5.03. The van der Waals surface area contributed by atoms with Gasteiger partial charge in [0.1, 0.15) is 0 Å². The standard InChI is InChI=1S/C16H18N2/c1-2-3-12-15-8-10(17)4-6-13(15)14-7-5-11(18)9-16(12)14/h4-9,12H,2-3,17-18H2,1H3. The van der Waals surface area contributed by atoms with Gasteiger partial charge in [0.25, 0.3) is 0 Å². The van der Waals surface area contributed by atoms with Crippen LogP contribution < -0.4 is 11.5 Å². The van der Waals surface area contributed by atoms with Crippen molar-refractivity contribution in [2.24, 2.45) is 0 Å². The summed E-state index contributed by atoms with van der Waals surface area (Å²) in [6.07, 6.45) is 2.31. The van der Waals surface area contributed by atoms with Crippen LogP contribution in [0.2, 0.25) is 0 Å². The van der Waals surface area contributed by atoms with Crippen LogP contribution in [0, 0.1) is 0 Å². The van der Waals surface area contributed by atoms with E-state index in [0.29, 0.717) is 5.92 Å². The van der Waals surface area contributed by atoms with E-state index in [4.69, 9.17) is 11.5 Å². The summed E-state index contributed by atoms with van der Waals surface area (Å²) in [5, 5.41) is 0. The summed E-state index contributed by atoms with van der Waals surface area (Å²) in [7, 11) is 0. The van der Waals surface area contributed by atoms with Crippen molar-refractivity contribution in [3.8, 4) is 11.1 Å². The highest BCUT2D eigenvalue weighted by atomic mass is 14.6. The number of hydrogen-bond donors (Lipinski definition) is 2. The predicted octanol–water partition coefficient (Wildman–Crippen LogP) is 3.76. The fraction of sp³-hybridized carbons (Fsp3) is 0.250. The first-order valence-electron chi connectivity index (χ1n) is 6.50. The van der Waals surface area contributed by atoms with Gasteiger partial charge in [-0.2, -0.15) is 0 Å². The van der Waals surface area contributed by atoms with Crippen molar-refractivity contribution in [3.63, 3.8) is 0 Å². The van der Waals surface area contributed by atoms with E-state index in [-0.39, 0.29) is 0 Å². The summed E-state index contributed by atoms with van der Waals surface area (Å²) in [5.41, 5.74) is 18.9. The van der Waals surface area contributed by atoms with Crippen LogP contribution >= 0.6 is 0 Å². The summed E-state index contributed by atoms with van der Waals surface area (Å²) < 4.78 is 0. The highest BCUT2D eigenvalue weighted by Crippen LogP contribution is 2.47. The predicted molar refractivity (Wildman–Crippen MR) is 77.5 cm³/mol. The number of anilines is 2. The molecule has 4 N–H and O–H groups in total. The Hall–Kier alpha value is -1.96. The van der Waals surface area contributed by atoms with E-state index in [1.165, 1.54) is 22.3 Å². The third kappa shape index (κ3) is 1.57. The van der Waals surface area contributed by atoms with Crippen LogP contribution in [0.4, 0.5) is 11.4 Å².